The number of pyridine rings is 1. The zero-order chi connectivity index (χ0) is 24.0. The van der Waals surface area contributed by atoms with E-state index >= 15 is 0 Å². The van der Waals surface area contributed by atoms with Gasteiger partial charge >= 0.3 is 12.1 Å². The van der Waals surface area contributed by atoms with Gasteiger partial charge in [-0.15, -0.1) is 0 Å². The number of alkyl halides is 3. The van der Waals surface area contributed by atoms with Crippen LogP contribution in [0.3, 0.4) is 0 Å². The van der Waals surface area contributed by atoms with Crippen LogP contribution in [0.15, 0.2) is 43.0 Å². The van der Waals surface area contributed by atoms with E-state index in [1.165, 1.54) is 5.56 Å². The van der Waals surface area contributed by atoms with Crippen LogP contribution in [0.1, 0.15) is 27.3 Å². The largest absolute Gasteiger partial charge is 0.490 e. The second-order valence-corrected chi connectivity index (χ2v) is 6.94. The highest BCUT2D eigenvalue weighted by Gasteiger charge is 2.38. The summed E-state index contributed by atoms with van der Waals surface area (Å²) in [6, 6.07) is 5.35. The normalized spacial score (nSPS) is 12.9. The van der Waals surface area contributed by atoms with Crippen LogP contribution < -0.4 is 5.32 Å². The van der Waals surface area contributed by atoms with Crippen LogP contribution in [0.5, 0.6) is 0 Å². The zero-order valence-electron chi connectivity index (χ0n) is 17.5. The molecular weight excluding hydrogens is 443 g/mol. The highest BCUT2D eigenvalue weighted by atomic mass is 19.4. The number of anilines is 1. The number of carbonyl (C=O) groups is 2. The van der Waals surface area contributed by atoms with Gasteiger partial charge in [-0.05, 0) is 24.6 Å². The maximum absolute atomic E-state index is 12.7. The first-order chi connectivity index (χ1) is 15.7. The molecule has 0 aromatic carbocycles. The van der Waals surface area contributed by atoms with Crippen molar-refractivity contribution in [3.8, 4) is 0 Å². The molecule has 4 heterocycles. The molecule has 1 aliphatic rings. The summed E-state index contributed by atoms with van der Waals surface area (Å²) in [6.45, 7) is 1.78. The van der Waals surface area contributed by atoms with Gasteiger partial charge in [-0.1, -0.05) is 0 Å². The number of aromatic nitrogens is 5. The second-order valence-electron chi connectivity index (χ2n) is 6.94. The van der Waals surface area contributed by atoms with Gasteiger partial charge in [0, 0.05) is 43.9 Å². The maximum Gasteiger partial charge on any atom is 0.490 e. The first kappa shape index (κ1) is 23.6. The van der Waals surface area contributed by atoms with Crippen molar-refractivity contribution >= 4 is 17.8 Å². The first-order valence-corrected chi connectivity index (χ1v) is 9.70. The van der Waals surface area contributed by atoms with Gasteiger partial charge in [-0.2, -0.15) is 18.3 Å². The highest BCUT2D eigenvalue weighted by molar-refractivity contribution is 5.94. The van der Waals surface area contributed by atoms with Gasteiger partial charge in [0.05, 0.1) is 30.0 Å². The quantitative estimate of drug-likeness (QED) is 0.602. The maximum atomic E-state index is 12.7. The molecule has 3 aromatic heterocycles. The van der Waals surface area contributed by atoms with Crippen LogP contribution in [0.25, 0.3) is 0 Å². The van der Waals surface area contributed by atoms with E-state index in [9.17, 15) is 18.0 Å². The summed E-state index contributed by atoms with van der Waals surface area (Å²) in [5.74, 6) is -2.18. The van der Waals surface area contributed by atoms with Crippen molar-refractivity contribution in [2.45, 2.75) is 25.7 Å². The molecular formula is C20H20F3N7O3. The molecule has 0 radical (unpaired) electrons. The third-order valence-corrected chi connectivity index (χ3v) is 4.75. The number of aliphatic carboxylic acids is 1. The van der Waals surface area contributed by atoms with E-state index in [0.717, 1.165) is 17.8 Å². The number of fused-ring (bicyclic) bond motifs is 1. The molecule has 3 aromatic rings. The molecule has 4 rings (SSSR count). The molecule has 0 unspecified atom stereocenters. The lowest BCUT2D eigenvalue weighted by atomic mass is 10.0. The lowest BCUT2D eigenvalue weighted by molar-refractivity contribution is -0.192. The Balaban J connectivity index is 0.000000383. The topological polar surface area (TPSA) is 126 Å². The van der Waals surface area contributed by atoms with E-state index in [2.05, 4.69) is 25.4 Å². The molecule has 0 saturated heterocycles. The number of carboxylic acid groups (broad SMARTS) is 1. The minimum atomic E-state index is -5.08. The average molecular weight is 463 g/mol. The number of carbonyl (C=O) groups excluding carboxylic acids is 1. The number of nitrogens with one attached hydrogen (secondary N) is 1. The van der Waals surface area contributed by atoms with Crippen molar-refractivity contribution in [3.05, 3.63) is 65.5 Å². The molecule has 0 spiro atoms. The molecule has 174 valence electrons. The number of carboxylic acids is 1. The fraction of sp³-hybridized carbons (Fsp3) is 0.300. The third kappa shape index (κ3) is 6.02. The van der Waals surface area contributed by atoms with Crippen LogP contribution in [-0.2, 0) is 31.4 Å². The van der Waals surface area contributed by atoms with E-state index in [-0.39, 0.29) is 5.91 Å². The predicted octanol–water partition coefficient (Wildman–Crippen LogP) is 2.05. The number of hydrogen-bond acceptors (Lipinski definition) is 7. The van der Waals surface area contributed by atoms with Crippen molar-refractivity contribution in [1.82, 2.24) is 29.6 Å². The van der Waals surface area contributed by atoms with Gasteiger partial charge in [-0.3, -0.25) is 14.5 Å². The monoisotopic (exact) mass is 463 g/mol. The molecule has 0 aliphatic carbocycles. The predicted molar refractivity (Wildman–Crippen MR) is 109 cm³/mol. The van der Waals surface area contributed by atoms with Gasteiger partial charge < -0.3 is 15.3 Å². The Labute approximate surface area is 186 Å². The second kappa shape index (κ2) is 10.1. The summed E-state index contributed by atoms with van der Waals surface area (Å²) in [5.41, 5.74) is 3.86. The van der Waals surface area contributed by atoms with Crippen LogP contribution in [0.4, 0.5) is 19.1 Å². The van der Waals surface area contributed by atoms with Crippen molar-refractivity contribution in [2.75, 3.05) is 11.9 Å². The van der Waals surface area contributed by atoms with E-state index in [0.29, 0.717) is 31.1 Å². The van der Waals surface area contributed by atoms with Crippen molar-refractivity contribution in [1.29, 1.82) is 0 Å². The SMILES string of the molecule is Cn1nc(CNc2ncccn2)c2c1CN(C(=O)c1cccnc1)CC2.O=C(O)C(F)(F)F. The molecule has 0 saturated carbocycles. The molecule has 2 N–H and O–H groups in total. The molecule has 0 fully saturated rings. The highest BCUT2D eigenvalue weighted by Crippen LogP contribution is 2.23. The molecule has 33 heavy (non-hydrogen) atoms. The molecule has 13 heteroatoms. The molecule has 10 nitrogen and oxygen atoms in total. The minimum Gasteiger partial charge on any atom is -0.475 e. The van der Waals surface area contributed by atoms with Crippen LogP contribution in [0.2, 0.25) is 0 Å². The summed E-state index contributed by atoms with van der Waals surface area (Å²) in [5, 5.41) is 14.9. The lowest BCUT2D eigenvalue weighted by Gasteiger charge is -2.27. The Hall–Kier alpha value is -4.03. The summed E-state index contributed by atoms with van der Waals surface area (Å²) in [6.07, 6.45) is 2.37. The van der Waals surface area contributed by atoms with Crippen molar-refractivity contribution < 1.29 is 27.9 Å². The van der Waals surface area contributed by atoms with Crippen LogP contribution >= 0.6 is 0 Å². The van der Waals surface area contributed by atoms with Gasteiger partial charge in [0.2, 0.25) is 5.95 Å². The number of amides is 1. The summed E-state index contributed by atoms with van der Waals surface area (Å²) < 4.78 is 33.6. The third-order valence-electron chi connectivity index (χ3n) is 4.75. The van der Waals surface area contributed by atoms with Gasteiger partial charge in [0.25, 0.3) is 5.91 Å². The average Bonchev–Trinajstić information content (AvgIpc) is 3.13. The van der Waals surface area contributed by atoms with E-state index < -0.39 is 12.1 Å². The van der Waals surface area contributed by atoms with Crippen molar-refractivity contribution in [2.24, 2.45) is 7.05 Å². The standard InChI is InChI=1S/C18H19N7O.C2HF3O2/c1-24-16-12-25(17(26)13-4-2-6-19-10-13)9-5-14(16)15(23-24)11-22-18-20-7-3-8-21-18;3-2(4,5)1(6)7/h2-4,6-8,10H,5,9,11-12H2,1H3,(H,20,21,22);(H,6,7). The molecule has 0 atom stereocenters. The van der Waals surface area contributed by atoms with Gasteiger partial charge in [0.15, 0.2) is 0 Å². The number of nitrogens with zero attached hydrogens (tertiary/aromatic N) is 6. The summed E-state index contributed by atoms with van der Waals surface area (Å²) >= 11 is 0. The fourth-order valence-corrected chi connectivity index (χ4v) is 3.20. The Morgan fingerprint density at radius 3 is 2.48 bits per heavy atom. The van der Waals surface area contributed by atoms with Crippen LogP contribution in [-0.4, -0.2) is 59.3 Å². The van der Waals surface area contributed by atoms with E-state index in [4.69, 9.17) is 9.90 Å². The number of hydrogen-bond donors (Lipinski definition) is 2. The van der Waals surface area contributed by atoms with Gasteiger partial charge in [-0.25, -0.2) is 14.8 Å². The fourth-order valence-electron chi connectivity index (χ4n) is 3.20. The first-order valence-electron chi connectivity index (χ1n) is 9.70. The summed E-state index contributed by atoms with van der Waals surface area (Å²) in [4.78, 5) is 35.8. The summed E-state index contributed by atoms with van der Waals surface area (Å²) in [7, 11) is 1.92. The van der Waals surface area contributed by atoms with Crippen molar-refractivity contribution in [3.63, 3.8) is 0 Å². The Kier molecular flexibility index (Phi) is 7.20. The van der Waals surface area contributed by atoms with E-state index in [1.54, 1.807) is 43.0 Å². The number of halogens is 3. The Bertz CT molecular complexity index is 1110. The lowest BCUT2D eigenvalue weighted by Crippen LogP contribution is -2.36. The molecule has 1 aliphatic heterocycles. The number of rotatable bonds is 4. The smallest absolute Gasteiger partial charge is 0.475 e. The molecule has 1 amide bonds. The van der Waals surface area contributed by atoms with Crippen LogP contribution in [0, 0.1) is 0 Å². The molecule has 0 bridgehead atoms. The number of aryl methyl sites for hydroxylation is 1. The van der Waals surface area contributed by atoms with Gasteiger partial charge in [0.1, 0.15) is 0 Å². The Morgan fingerprint density at radius 1 is 1.18 bits per heavy atom. The van der Waals surface area contributed by atoms with E-state index in [1.807, 2.05) is 16.6 Å². The minimum absolute atomic E-state index is 0.00214. The Morgan fingerprint density at radius 2 is 1.88 bits per heavy atom. The zero-order valence-corrected chi connectivity index (χ0v) is 17.5.